The molecule has 0 saturated carbocycles. The Hall–Kier alpha value is -4.01. The molecule has 5 rings (SSSR count). The number of aromatic carboxylic acids is 1. The van der Waals surface area contributed by atoms with Gasteiger partial charge in [-0.2, -0.15) is 0 Å². The number of carbonyl (C=O) groups is 2. The minimum absolute atomic E-state index is 0.0371. The number of carbonyl (C=O) groups excluding carboxylic acids is 1. The third kappa shape index (κ3) is 1.66. The van der Waals surface area contributed by atoms with E-state index in [2.05, 4.69) is 15.2 Å². The molecule has 1 aliphatic rings. The molecule has 0 atom stereocenters. The molecule has 2 aromatic carbocycles. The predicted octanol–water partition coefficient (Wildman–Crippen LogP) is 0.933. The van der Waals surface area contributed by atoms with Gasteiger partial charge in [0.25, 0.3) is 17.0 Å². The van der Waals surface area contributed by atoms with Crippen molar-refractivity contribution in [1.82, 2.24) is 19.7 Å². The number of carboxylic acids is 1. The zero-order valence-electron chi connectivity index (χ0n) is 12.9. The van der Waals surface area contributed by atoms with Crippen molar-refractivity contribution in [2.24, 2.45) is 0 Å². The van der Waals surface area contributed by atoms with Crippen molar-refractivity contribution in [3.05, 3.63) is 62.2 Å². The van der Waals surface area contributed by atoms with Crippen molar-refractivity contribution in [1.29, 1.82) is 0 Å². The molecule has 0 saturated heterocycles. The van der Waals surface area contributed by atoms with Crippen LogP contribution in [-0.2, 0) is 0 Å². The maximum absolute atomic E-state index is 12.8. The first-order valence-electron chi connectivity index (χ1n) is 7.55. The molecule has 1 aliphatic heterocycles. The number of hydrogen-bond acceptors (Lipinski definition) is 5. The first-order valence-corrected chi connectivity index (χ1v) is 7.55. The topological polar surface area (TPSA) is 138 Å². The molecule has 0 fully saturated rings. The smallest absolute Gasteiger partial charge is 0.335 e. The number of hydrogen-bond donors (Lipinski definition) is 3. The summed E-state index contributed by atoms with van der Waals surface area (Å²) >= 11 is 0. The lowest BCUT2D eigenvalue weighted by Gasteiger charge is -2.01. The molecule has 9 nitrogen and oxygen atoms in total. The Morgan fingerprint density at radius 2 is 1.65 bits per heavy atom. The second-order valence-corrected chi connectivity index (χ2v) is 5.94. The number of nitrogens with one attached hydrogen (secondary N) is 2. The molecule has 0 unspecified atom stereocenters. The van der Waals surface area contributed by atoms with Gasteiger partial charge in [-0.15, -0.1) is 0 Å². The third-order valence-electron chi connectivity index (χ3n) is 4.51. The van der Waals surface area contributed by atoms with Gasteiger partial charge in [0.05, 0.1) is 32.9 Å². The Bertz CT molecular complexity index is 1420. The number of H-pyrrole nitrogens is 2. The van der Waals surface area contributed by atoms with Crippen LogP contribution in [0.5, 0.6) is 0 Å². The van der Waals surface area contributed by atoms with Gasteiger partial charge >= 0.3 is 5.97 Å². The van der Waals surface area contributed by atoms with Gasteiger partial charge in [-0.05, 0) is 30.3 Å². The predicted molar refractivity (Wildman–Crippen MR) is 90.6 cm³/mol. The second kappa shape index (κ2) is 4.54. The quantitative estimate of drug-likeness (QED) is 0.412. The average Bonchev–Trinajstić information content (AvgIpc) is 3.12. The van der Waals surface area contributed by atoms with E-state index < -0.39 is 17.1 Å². The summed E-state index contributed by atoms with van der Waals surface area (Å²) in [5.74, 6) is -1.19. The van der Waals surface area contributed by atoms with Crippen LogP contribution in [0.1, 0.15) is 20.7 Å². The minimum Gasteiger partial charge on any atom is -0.478 e. The number of benzene rings is 2. The van der Waals surface area contributed by atoms with Gasteiger partial charge in [0.15, 0.2) is 0 Å². The van der Waals surface area contributed by atoms with E-state index in [0.29, 0.717) is 22.2 Å². The van der Waals surface area contributed by atoms with E-state index >= 15 is 0 Å². The molecule has 0 amide bonds. The van der Waals surface area contributed by atoms with E-state index in [1.807, 2.05) is 0 Å². The lowest BCUT2D eigenvalue weighted by molar-refractivity contribution is 0.0696. The minimum atomic E-state index is -1.11. The van der Waals surface area contributed by atoms with Gasteiger partial charge in [-0.1, -0.05) is 0 Å². The fourth-order valence-corrected chi connectivity index (χ4v) is 3.30. The summed E-state index contributed by atoms with van der Waals surface area (Å²) in [6, 6.07) is 7.07. The van der Waals surface area contributed by atoms with E-state index in [-0.39, 0.29) is 28.1 Å². The summed E-state index contributed by atoms with van der Waals surface area (Å²) in [4.78, 5) is 52.3. The highest BCUT2D eigenvalue weighted by atomic mass is 16.4. The van der Waals surface area contributed by atoms with Gasteiger partial charge in [-0.3, -0.25) is 29.1 Å². The van der Waals surface area contributed by atoms with Crippen molar-refractivity contribution in [2.75, 3.05) is 0 Å². The SMILES string of the molecule is O=C(O)c1ccc2c(c1)-c1nc3cc4c(=O)[nH][nH]c(=O)c4cc3n1C2=O. The molecule has 0 bridgehead atoms. The molecule has 126 valence electrons. The Morgan fingerprint density at radius 3 is 2.35 bits per heavy atom. The van der Waals surface area contributed by atoms with Crippen molar-refractivity contribution < 1.29 is 14.7 Å². The van der Waals surface area contributed by atoms with E-state index in [4.69, 9.17) is 0 Å². The highest BCUT2D eigenvalue weighted by molar-refractivity contribution is 6.14. The number of rotatable bonds is 1. The van der Waals surface area contributed by atoms with Gasteiger partial charge < -0.3 is 5.11 Å². The van der Waals surface area contributed by atoms with Crippen LogP contribution in [0.2, 0.25) is 0 Å². The number of nitrogens with zero attached hydrogens (tertiary/aromatic N) is 2. The van der Waals surface area contributed by atoms with Crippen molar-refractivity contribution in [3.8, 4) is 11.4 Å². The van der Waals surface area contributed by atoms with Gasteiger partial charge in [-0.25, -0.2) is 9.78 Å². The zero-order chi connectivity index (χ0) is 18.2. The van der Waals surface area contributed by atoms with Crippen LogP contribution in [0.25, 0.3) is 33.2 Å². The van der Waals surface area contributed by atoms with Crippen LogP contribution in [0.3, 0.4) is 0 Å². The summed E-state index contributed by atoms with van der Waals surface area (Å²) < 4.78 is 1.33. The molecule has 9 heteroatoms. The third-order valence-corrected chi connectivity index (χ3v) is 4.51. The average molecular weight is 348 g/mol. The van der Waals surface area contributed by atoms with E-state index in [9.17, 15) is 24.3 Å². The maximum atomic E-state index is 12.8. The molecule has 26 heavy (non-hydrogen) atoms. The fraction of sp³-hybridized carbons (Fsp3) is 0. The summed E-state index contributed by atoms with van der Waals surface area (Å²) in [5, 5.41) is 13.9. The van der Waals surface area contributed by atoms with Crippen LogP contribution in [0, 0.1) is 0 Å². The van der Waals surface area contributed by atoms with Crippen LogP contribution in [-0.4, -0.2) is 36.7 Å². The molecule has 0 radical (unpaired) electrons. The van der Waals surface area contributed by atoms with Crippen molar-refractivity contribution in [2.45, 2.75) is 0 Å². The Balaban J connectivity index is 1.91. The van der Waals surface area contributed by atoms with E-state index in [0.717, 1.165) is 0 Å². The monoisotopic (exact) mass is 348 g/mol. The first kappa shape index (κ1) is 14.3. The van der Waals surface area contributed by atoms with Crippen LogP contribution in [0.15, 0.2) is 39.9 Å². The van der Waals surface area contributed by atoms with Crippen molar-refractivity contribution in [3.63, 3.8) is 0 Å². The Morgan fingerprint density at radius 1 is 0.962 bits per heavy atom. The number of carboxylic acid groups (broad SMARTS) is 1. The summed E-state index contributed by atoms with van der Waals surface area (Å²) in [6.07, 6.45) is 0. The summed E-state index contributed by atoms with van der Waals surface area (Å²) in [5.41, 5.74) is 0.542. The Kier molecular flexibility index (Phi) is 2.50. The zero-order valence-corrected chi connectivity index (χ0v) is 12.9. The molecule has 3 N–H and O–H groups in total. The highest BCUT2D eigenvalue weighted by Crippen LogP contribution is 2.35. The summed E-state index contributed by atoms with van der Waals surface area (Å²) in [7, 11) is 0. The maximum Gasteiger partial charge on any atom is 0.335 e. The van der Waals surface area contributed by atoms with E-state index in [1.54, 1.807) is 0 Å². The highest BCUT2D eigenvalue weighted by Gasteiger charge is 2.31. The number of imidazole rings is 1. The standard InChI is InChI=1S/C17H8N4O5/c22-14-9-4-11-12(5-10(9)15(23)20-19-14)21-13(18-11)8-3-6(17(25)26)1-2-7(8)16(21)24/h1-5H,(H,19,22)(H,20,23)(H,25,26). The van der Waals surface area contributed by atoms with E-state index in [1.165, 1.54) is 34.9 Å². The normalized spacial score (nSPS) is 12.5. The number of aromatic nitrogens is 4. The Labute approximate surface area is 142 Å². The van der Waals surface area contributed by atoms with Crippen LogP contribution in [0.4, 0.5) is 0 Å². The molecular formula is C17H8N4O5. The molecule has 0 spiro atoms. The fourth-order valence-electron chi connectivity index (χ4n) is 3.30. The lowest BCUT2D eigenvalue weighted by atomic mass is 10.1. The van der Waals surface area contributed by atoms with Crippen molar-refractivity contribution >= 4 is 33.7 Å². The van der Waals surface area contributed by atoms with Crippen LogP contribution < -0.4 is 11.1 Å². The molecule has 2 aromatic heterocycles. The van der Waals surface area contributed by atoms with Gasteiger partial charge in [0.2, 0.25) is 0 Å². The molecule has 4 aromatic rings. The van der Waals surface area contributed by atoms with Crippen LogP contribution >= 0.6 is 0 Å². The first-order chi connectivity index (χ1) is 12.5. The number of fused-ring (bicyclic) bond motifs is 6. The largest absolute Gasteiger partial charge is 0.478 e. The van der Waals surface area contributed by atoms with Gasteiger partial charge in [0, 0.05) is 5.56 Å². The molecule has 0 aliphatic carbocycles. The lowest BCUT2D eigenvalue weighted by Crippen LogP contribution is -2.19. The van der Waals surface area contributed by atoms with Gasteiger partial charge in [0.1, 0.15) is 5.82 Å². The molecule has 3 heterocycles. The number of aromatic amines is 2. The molecular weight excluding hydrogens is 340 g/mol. The summed E-state index contributed by atoms with van der Waals surface area (Å²) in [6.45, 7) is 0. The second-order valence-electron chi connectivity index (χ2n) is 5.94.